The maximum absolute atomic E-state index is 12.4. The molecule has 25 heavy (non-hydrogen) atoms. The van der Waals surface area contributed by atoms with Gasteiger partial charge in [-0.2, -0.15) is 0 Å². The molecule has 1 heterocycles. The normalized spacial score (nSPS) is 17.6. The van der Waals surface area contributed by atoms with Crippen molar-refractivity contribution >= 4 is 6.03 Å². The van der Waals surface area contributed by atoms with Crippen LogP contribution in [0.1, 0.15) is 25.3 Å². The summed E-state index contributed by atoms with van der Waals surface area (Å²) in [6, 6.07) is 7.57. The first kappa shape index (κ1) is 19.5. The highest BCUT2D eigenvalue weighted by Crippen LogP contribution is 2.30. The Balaban J connectivity index is 1.78. The van der Waals surface area contributed by atoms with E-state index in [1.807, 2.05) is 38.1 Å². The average molecular weight is 350 g/mol. The molecule has 0 spiro atoms. The SMILES string of the molecule is Cc1ccc(OC[C@@H](C)NC(=O)N(C)CC2(CO)CCOCC2)cc1. The third kappa shape index (κ3) is 5.90. The van der Waals surface area contributed by atoms with E-state index >= 15 is 0 Å². The van der Waals surface area contributed by atoms with Crippen LogP contribution in [0.4, 0.5) is 4.79 Å². The predicted molar refractivity (Wildman–Crippen MR) is 96.9 cm³/mol. The molecule has 0 aromatic heterocycles. The van der Waals surface area contributed by atoms with Crippen molar-refractivity contribution in [1.82, 2.24) is 10.2 Å². The van der Waals surface area contributed by atoms with Crippen molar-refractivity contribution in [3.05, 3.63) is 29.8 Å². The number of amides is 2. The molecule has 0 saturated carbocycles. The van der Waals surface area contributed by atoms with Gasteiger partial charge in [0.05, 0.1) is 12.6 Å². The Morgan fingerprint density at radius 1 is 1.36 bits per heavy atom. The fourth-order valence-electron chi connectivity index (χ4n) is 2.96. The second kappa shape index (κ2) is 9.06. The smallest absolute Gasteiger partial charge is 0.317 e. The first-order valence-corrected chi connectivity index (χ1v) is 8.84. The van der Waals surface area contributed by atoms with E-state index in [1.165, 1.54) is 5.56 Å². The van der Waals surface area contributed by atoms with Crippen molar-refractivity contribution in [1.29, 1.82) is 0 Å². The standard InChI is InChI=1S/C19H30N2O4/c1-15-4-6-17(7-5-15)25-12-16(2)20-18(23)21(3)13-19(14-22)8-10-24-11-9-19/h4-7,16,22H,8-14H2,1-3H3,(H,20,23)/t16-/m1/s1. The Hall–Kier alpha value is -1.79. The van der Waals surface area contributed by atoms with Crippen LogP contribution in [0.5, 0.6) is 5.75 Å². The molecule has 2 amide bonds. The lowest BCUT2D eigenvalue weighted by molar-refractivity contribution is -0.0262. The number of ether oxygens (including phenoxy) is 2. The van der Waals surface area contributed by atoms with Gasteiger partial charge in [-0.3, -0.25) is 0 Å². The summed E-state index contributed by atoms with van der Waals surface area (Å²) in [7, 11) is 1.76. The van der Waals surface area contributed by atoms with Crippen LogP contribution in [-0.2, 0) is 4.74 Å². The Morgan fingerprint density at radius 3 is 2.60 bits per heavy atom. The molecule has 1 aromatic rings. The van der Waals surface area contributed by atoms with E-state index in [0.717, 1.165) is 18.6 Å². The van der Waals surface area contributed by atoms with E-state index in [4.69, 9.17) is 9.47 Å². The van der Waals surface area contributed by atoms with E-state index in [-0.39, 0.29) is 24.1 Å². The highest BCUT2D eigenvalue weighted by Gasteiger charge is 2.34. The topological polar surface area (TPSA) is 71.0 Å². The number of hydrogen-bond donors (Lipinski definition) is 2. The van der Waals surface area contributed by atoms with E-state index < -0.39 is 0 Å². The zero-order chi connectivity index (χ0) is 18.3. The van der Waals surface area contributed by atoms with Crippen LogP contribution < -0.4 is 10.1 Å². The number of nitrogens with zero attached hydrogens (tertiary/aromatic N) is 1. The number of aliphatic hydroxyl groups is 1. The summed E-state index contributed by atoms with van der Waals surface area (Å²) < 4.78 is 11.1. The number of aryl methyl sites for hydroxylation is 1. The predicted octanol–water partition coefficient (Wildman–Crippen LogP) is 2.19. The van der Waals surface area contributed by atoms with Crippen molar-refractivity contribution in [2.24, 2.45) is 5.41 Å². The second-order valence-corrected chi connectivity index (χ2v) is 7.10. The molecule has 1 aliphatic rings. The summed E-state index contributed by atoms with van der Waals surface area (Å²) in [6.45, 7) is 6.20. The zero-order valence-corrected chi connectivity index (χ0v) is 15.5. The van der Waals surface area contributed by atoms with Gasteiger partial charge in [-0.15, -0.1) is 0 Å². The van der Waals surface area contributed by atoms with E-state index in [2.05, 4.69) is 5.32 Å². The molecule has 0 unspecified atom stereocenters. The molecule has 1 aromatic carbocycles. The number of carbonyl (C=O) groups is 1. The van der Waals surface area contributed by atoms with E-state index in [9.17, 15) is 9.90 Å². The molecule has 1 fully saturated rings. The molecular formula is C19H30N2O4. The van der Waals surface area contributed by atoms with Crippen LogP contribution in [0.15, 0.2) is 24.3 Å². The van der Waals surface area contributed by atoms with Crippen LogP contribution >= 0.6 is 0 Å². The number of carbonyl (C=O) groups excluding carboxylic acids is 1. The van der Waals surface area contributed by atoms with Gasteiger partial charge in [-0.1, -0.05) is 17.7 Å². The van der Waals surface area contributed by atoms with Crippen LogP contribution in [0, 0.1) is 12.3 Å². The van der Waals surface area contributed by atoms with Crippen molar-refractivity contribution in [3.8, 4) is 5.75 Å². The van der Waals surface area contributed by atoms with Gasteiger partial charge < -0.3 is 24.8 Å². The summed E-state index contributed by atoms with van der Waals surface area (Å²) in [5.74, 6) is 0.793. The van der Waals surface area contributed by atoms with Gasteiger partial charge in [0.2, 0.25) is 0 Å². The molecule has 140 valence electrons. The lowest BCUT2D eigenvalue weighted by Crippen LogP contribution is -2.50. The lowest BCUT2D eigenvalue weighted by Gasteiger charge is -2.38. The van der Waals surface area contributed by atoms with Crippen molar-refractivity contribution < 1.29 is 19.4 Å². The largest absolute Gasteiger partial charge is 0.491 e. The fourth-order valence-corrected chi connectivity index (χ4v) is 2.96. The summed E-state index contributed by atoms with van der Waals surface area (Å²) >= 11 is 0. The molecule has 6 nitrogen and oxygen atoms in total. The first-order valence-electron chi connectivity index (χ1n) is 8.84. The Kier molecular flexibility index (Phi) is 7.08. The summed E-state index contributed by atoms with van der Waals surface area (Å²) in [5.41, 5.74) is 0.924. The van der Waals surface area contributed by atoms with Gasteiger partial charge in [0.15, 0.2) is 0 Å². The maximum Gasteiger partial charge on any atom is 0.317 e. The molecule has 0 bridgehead atoms. The summed E-state index contributed by atoms with van der Waals surface area (Å²) in [4.78, 5) is 14.0. The van der Waals surface area contributed by atoms with E-state index in [0.29, 0.717) is 26.4 Å². The molecule has 0 radical (unpaired) electrons. The highest BCUT2D eigenvalue weighted by atomic mass is 16.5. The summed E-state index contributed by atoms with van der Waals surface area (Å²) in [5, 5.41) is 12.7. The van der Waals surface area contributed by atoms with Crippen molar-refractivity contribution in [2.75, 3.05) is 40.0 Å². The average Bonchev–Trinajstić information content (AvgIpc) is 2.62. The number of rotatable bonds is 7. The quantitative estimate of drug-likeness (QED) is 0.791. The van der Waals surface area contributed by atoms with Crippen LogP contribution in [0.2, 0.25) is 0 Å². The van der Waals surface area contributed by atoms with E-state index in [1.54, 1.807) is 11.9 Å². The Bertz CT molecular complexity index is 541. The van der Waals surface area contributed by atoms with Crippen LogP contribution in [-0.4, -0.2) is 62.1 Å². The van der Waals surface area contributed by atoms with Gasteiger partial charge in [-0.25, -0.2) is 4.79 Å². The molecule has 1 saturated heterocycles. The third-order valence-electron chi connectivity index (χ3n) is 4.70. The molecule has 0 aliphatic carbocycles. The van der Waals surface area contributed by atoms with Gasteiger partial charge in [0.1, 0.15) is 12.4 Å². The Morgan fingerprint density at radius 2 is 2.00 bits per heavy atom. The number of hydrogen-bond acceptors (Lipinski definition) is 4. The number of benzene rings is 1. The number of urea groups is 1. The van der Waals surface area contributed by atoms with Gasteiger partial charge in [0, 0.05) is 32.2 Å². The fraction of sp³-hybridized carbons (Fsp3) is 0.632. The minimum absolute atomic E-state index is 0.0695. The number of aliphatic hydroxyl groups excluding tert-OH is 1. The molecule has 1 aliphatic heterocycles. The minimum Gasteiger partial charge on any atom is -0.491 e. The molecule has 6 heteroatoms. The Labute approximate surface area is 150 Å². The molecule has 1 atom stereocenters. The molecule has 2 N–H and O–H groups in total. The first-order chi connectivity index (χ1) is 11.9. The van der Waals surface area contributed by atoms with Crippen molar-refractivity contribution in [3.63, 3.8) is 0 Å². The van der Waals surface area contributed by atoms with Crippen molar-refractivity contribution in [2.45, 2.75) is 32.7 Å². The van der Waals surface area contributed by atoms with Gasteiger partial charge in [-0.05, 0) is 38.8 Å². The van der Waals surface area contributed by atoms with Crippen LogP contribution in [0.3, 0.4) is 0 Å². The lowest BCUT2D eigenvalue weighted by atomic mass is 9.80. The number of nitrogens with one attached hydrogen (secondary N) is 1. The third-order valence-corrected chi connectivity index (χ3v) is 4.70. The zero-order valence-electron chi connectivity index (χ0n) is 15.5. The van der Waals surface area contributed by atoms with Gasteiger partial charge >= 0.3 is 6.03 Å². The highest BCUT2D eigenvalue weighted by molar-refractivity contribution is 5.74. The second-order valence-electron chi connectivity index (χ2n) is 7.10. The molecule has 2 rings (SSSR count). The minimum atomic E-state index is -0.258. The summed E-state index contributed by atoms with van der Waals surface area (Å²) in [6.07, 6.45) is 1.54. The van der Waals surface area contributed by atoms with Crippen LogP contribution in [0.25, 0.3) is 0 Å². The monoisotopic (exact) mass is 350 g/mol. The van der Waals surface area contributed by atoms with Gasteiger partial charge in [0.25, 0.3) is 0 Å². The maximum atomic E-state index is 12.4. The molecular weight excluding hydrogens is 320 g/mol.